The van der Waals surface area contributed by atoms with Gasteiger partial charge in [-0.15, -0.1) is 11.3 Å². The number of thiophene rings is 1. The van der Waals surface area contributed by atoms with E-state index in [0.29, 0.717) is 15.9 Å². The summed E-state index contributed by atoms with van der Waals surface area (Å²) in [4.78, 5) is 33.1. The second-order valence-corrected chi connectivity index (χ2v) is 10.0. The summed E-state index contributed by atoms with van der Waals surface area (Å²) >= 11 is 9.02. The third kappa shape index (κ3) is 4.08. The number of rotatable bonds is 5. The van der Waals surface area contributed by atoms with Crippen LogP contribution < -0.4 is 10.9 Å². The number of anilines is 1. The Labute approximate surface area is 198 Å². The molecule has 0 saturated carbocycles. The normalized spacial score (nSPS) is 13.2. The van der Waals surface area contributed by atoms with Crippen molar-refractivity contribution in [3.8, 4) is 5.69 Å². The maximum absolute atomic E-state index is 13.7. The molecule has 1 aliphatic carbocycles. The maximum Gasteiger partial charge on any atom is 0.267 e. The van der Waals surface area contributed by atoms with Gasteiger partial charge in [-0.1, -0.05) is 53.7 Å². The Morgan fingerprint density at radius 3 is 2.66 bits per heavy atom. The van der Waals surface area contributed by atoms with Crippen LogP contribution in [-0.4, -0.2) is 21.2 Å². The lowest BCUT2D eigenvalue weighted by atomic mass is 9.97. The molecule has 2 aromatic carbocycles. The van der Waals surface area contributed by atoms with Crippen molar-refractivity contribution in [3.05, 3.63) is 80.4 Å². The molecule has 0 unspecified atom stereocenters. The minimum Gasteiger partial charge on any atom is -0.324 e. The molecule has 0 radical (unpaired) electrons. The van der Waals surface area contributed by atoms with Gasteiger partial charge >= 0.3 is 0 Å². The van der Waals surface area contributed by atoms with Gasteiger partial charge in [0.25, 0.3) is 5.56 Å². The molecule has 162 valence electrons. The van der Waals surface area contributed by atoms with E-state index in [1.807, 2.05) is 42.5 Å². The summed E-state index contributed by atoms with van der Waals surface area (Å²) in [5, 5.41) is 4.56. The zero-order valence-electron chi connectivity index (χ0n) is 17.1. The highest BCUT2D eigenvalue weighted by molar-refractivity contribution is 7.99. The number of amides is 1. The van der Waals surface area contributed by atoms with Gasteiger partial charge in [-0.25, -0.2) is 4.98 Å². The Kier molecular flexibility index (Phi) is 6.04. The van der Waals surface area contributed by atoms with Crippen LogP contribution in [0.4, 0.5) is 5.69 Å². The van der Waals surface area contributed by atoms with Gasteiger partial charge in [0.15, 0.2) is 5.16 Å². The Balaban J connectivity index is 1.52. The minimum absolute atomic E-state index is 0.0605. The van der Waals surface area contributed by atoms with Crippen molar-refractivity contribution in [2.45, 2.75) is 30.8 Å². The number of aromatic nitrogens is 2. The molecule has 0 aliphatic heterocycles. The van der Waals surface area contributed by atoms with Gasteiger partial charge < -0.3 is 5.32 Å². The first kappa shape index (κ1) is 21.2. The van der Waals surface area contributed by atoms with Gasteiger partial charge in [0.2, 0.25) is 5.91 Å². The standard InChI is InChI=1S/C24H20ClN3O2S2/c25-17-11-5-6-12-18(17)26-20(29)14-31-24-27-22-21(16-10-4-7-13-19(16)32-22)23(30)28(24)15-8-2-1-3-9-15/h1-3,5-6,8-9,11-12H,4,7,10,13-14H2,(H,26,29). The van der Waals surface area contributed by atoms with Crippen LogP contribution in [0.25, 0.3) is 15.9 Å². The van der Waals surface area contributed by atoms with Crippen molar-refractivity contribution in [1.82, 2.24) is 9.55 Å². The summed E-state index contributed by atoms with van der Waals surface area (Å²) in [7, 11) is 0. The molecule has 0 bridgehead atoms. The molecule has 2 aromatic heterocycles. The Morgan fingerprint density at radius 1 is 1.09 bits per heavy atom. The molecule has 1 aliphatic rings. The molecule has 32 heavy (non-hydrogen) atoms. The molecule has 8 heteroatoms. The smallest absolute Gasteiger partial charge is 0.267 e. The van der Waals surface area contributed by atoms with Crippen LogP contribution in [0.5, 0.6) is 0 Å². The first-order valence-corrected chi connectivity index (χ1v) is 12.6. The summed E-state index contributed by atoms with van der Waals surface area (Å²) in [5.41, 5.74) is 2.41. The average molecular weight is 482 g/mol. The van der Waals surface area contributed by atoms with Crippen molar-refractivity contribution in [2.75, 3.05) is 11.1 Å². The molecule has 1 amide bonds. The lowest BCUT2D eigenvalue weighted by Crippen LogP contribution is -2.23. The molecule has 1 N–H and O–H groups in total. The van der Waals surface area contributed by atoms with Crippen LogP contribution in [0, 0.1) is 0 Å². The van der Waals surface area contributed by atoms with Gasteiger partial charge in [0.05, 0.1) is 27.5 Å². The number of fused-ring (bicyclic) bond motifs is 3. The maximum atomic E-state index is 13.7. The predicted octanol–water partition coefficient (Wildman–Crippen LogP) is 5.71. The second-order valence-electron chi connectivity index (χ2n) is 7.58. The average Bonchev–Trinajstić information content (AvgIpc) is 3.18. The number of hydrogen-bond donors (Lipinski definition) is 1. The zero-order valence-corrected chi connectivity index (χ0v) is 19.5. The number of carbonyl (C=O) groups excluding carboxylic acids is 1. The molecular formula is C24H20ClN3O2S2. The van der Waals surface area contributed by atoms with Crippen molar-refractivity contribution < 1.29 is 4.79 Å². The third-order valence-corrected chi connectivity index (χ3v) is 7.91. The van der Waals surface area contributed by atoms with Crippen molar-refractivity contribution >= 4 is 56.5 Å². The molecule has 0 fully saturated rings. The monoisotopic (exact) mass is 481 g/mol. The highest BCUT2D eigenvalue weighted by Gasteiger charge is 2.23. The molecule has 0 saturated heterocycles. The molecule has 2 heterocycles. The van der Waals surface area contributed by atoms with E-state index in [1.165, 1.54) is 16.6 Å². The zero-order chi connectivity index (χ0) is 22.1. The van der Waals surface area contributed by atoms with Gasteiger partial charge in [-0.2, -0.15) is 0 Å². The SMILES string of the molecule is O=C(CSc1nc2sc3c(c2c(=O)n1-c1ccccc1)CCCC3)Nc1ccccc1Cl. The van der Waals surface area contributed by atoms with Crippen LogP contribution in [0.2, 0.25) is 5.02 Å². The summed E-state index contributed by atoms with van der Waals surface area (Å²) in [6.45, 7) is 0. The van der Waals surface area contributed by atoms with Gasteiger partial charge in [-0.3, -0.25) is 14.2 Å². The summed E-state index contributed by atoms with van der Waals surface area (Å²) in [5.74, 6) is -0.0938. The van der Waals surface area contributed by atoms with Crippen LogP contribution in [-0.2, 0) is 17.6 Å². The fourth-order valence-corrected chi connectivity index (χ4v) is 6.27. The van der Waals surface area contributed by atoms with E-state index in [-0.39, 0.29) is 17.2 Å². The number of aryl methyl sites for hydroxylation is 2. The van der Waals surface area contributed by atoms with E-state index < -0.39 is 0 Å². The number of hydrogen-bond acceptors (Lipinski definition) is 5. The molecule has 0 spiro atoms. The number of nitrogens with zero attached hydrogens (tertiary/aromatic N) is 2. The molecular weight excluding hydrogens is 462 g/mol. The van der Waals surface area contributed by atoms with Crippen LogP contribution >= 0.6 is 34.7 Å². The lowest BCUT2D eigenvalue weighted by molar-refractivity contribution is -0.113. The van der Waals surface area contributed by atoms with E-state index in [9.17, 15) is 9.59 Å². The summed E-state index contributed by atoms with van der Waals surface area (Å²) in [6, 6.07) is 16.6. The highest BCUT2D eigenvalue weighted by atomic mass is 35.5. The number of nitrogens with one attached hydrogen (secondary N) is 1. The number of benzene rings is 2. The van der Waals surface area contributed by atoms with Gasteiger partial charge in [-0.05, 0) is 55.5 Å². The van der Waals surface area contributed by atoms with Crippen molar-refractivity contribution in [1.29, 1.82) is 0 Å². The Morgan fingerprint density at radius 2 is 1.84 bits per heavy atom. The molecule has 5 rings (SSSR count). The van der Waals surface area contributed by atoms with Crippen molar-refractivity contribution in [3.63, 3.8) is 0 Å². The third-order valence-electron chi connectivity index (χ3n) is 5.45. The fraction of sp³-hybridized carbons (Fsp3) is 0.208. The second kappa shape index (κ2) is 9.10. The first-order chi connectivity index (χ1) is 15.6. The summed E-state index contributed by atoms with van der Waals surface area (Å²) < 4.78 is 1.64. The number of para-hydroxylation sites is 2. The van der Waals surface area contributed by atoms with Crippen LogP contribution in [0.1, 0.15) is 23.3 Å². The molecule has 5 nitrogen and oxygen atoms in total. The largest absolute Gasteiger partial charge is 0.324 e. The van der Waals surface area contributed by atoms with Gasteiger partial charge in [0, 0.05) is 4.88 Å². The Bertz CT molecular complexity index is 1370. The van der Waals surface area contributed by atoms with Gasteiger partial charge in [0.1, 0.15) is 4.83 Å². The quantitative estimate of drug-likeness (QED) is 0.293. The number of thioether (sulfide) groups is 1. The minimum atomic E-state index is -0.206. The topological polar surface area (TPSA) is 64.0 Å². The highest BCUT2D eigenvalue weighted by Crippen LogP contribution is 2.35. The molecule has 0 atom stereocenters. The Hall–Kier alpha value is -2.61. The van der Waals surface area contributed by atoms with Crippen LogP contribution in [0.3, 0.4) is 0 Å². The number of halogens is 1. The van der Waals surface area contributed by atoms with E-state index in [0.717, 1.165) is 47.2 Å². The lowest BCUT2D eigenvalue weighted by Gasteiger charge is -2.13. The van der Waals surface area contributed by atoms with E-state index in [4.69, 9.17) is 16.6 Å². The van der Waals surface area contributed by atoms with Crippen LogP contribution in [0.15, 0.2) is 64.5 Å². The predicted molar refractivity (Wildman–Crippen MR) is 133 cm³/mol. The van der Waals surface area contributed by atoms with E-state index in [1.54, 1.807) is 28.0 Å². The number of carbonyl (C=O) groups is 1. The first-order valence-electron chi connectivity index (χ1n) is 10.4. The van der Waals surface area contributed by atoms with Crippen molar-refractivity contribution in [2.24, 2.45) is 0 Å². The fourth-order valence-electron chi connectivity index (χ4n) is 3.97. The molecule has 4 aromatic rings. The van der Waals surface area contributed by atoms with E-state index in [2.05, 4.69) is 5.32 Å². The van der Waals surface area contributed by atoms with E-state index >= 15 is 0 Å². The summed E-state index contributed by atoms with van der Waals surface area (Å²) in [6.07, 6.45) is 4.18.